The molecule has 0 atom stereocenters. The van der Waals surface area contributed by atoms with E-state index in [9.17, 15) is 14.7 Å². The highest BCUT2D eigenvalue weighted by Gasteiger charge is 2.46. The van der Waals surface area contributed by atoms with Gasteiger partial charge in [-0.05, 0) is 49.5 Å². The minimum absolute atomic E-state index is 0.133. The summed E-state index contributed by atoms with van der Waals surface area (Å²) in [7, 11) is 0. The SMILES string of the molecule is NC1(C(=O)O)CCC2(CCN(C(=O)OCc3ccccc3)CC2)CC1. The molecule has 1 saturated heterocycles. The molecule has 25 heavy (non-hydrogen) atoms. The number of aliphatic carboxylic acids is 1. The second-order valence-electron chi connectivity index (χ2n) is 7.49. The fraction of sp³-hybridized carbons (Fsp3) is 0.579. The van der Waals surface area contributed by atoms with Crippen molar-refractivity contribution in [3.8, 4) is 0 Å². The van der Waals surface area contributed by atoms with E-state index in [2.05, 4.69) is 0 Å². The van der Waals surface area contributed by atoms with Gasteiger partial charge in [-0.2, -0.15) is 0 Å². The molecule has 1 spiro atoms. The van der Waals surface area contributed by atoms with Gasteiger partial charge in [0.2, 0.25) is 0 Å². The number of carbonyl (C=O) groups excluding carboxylic acids is 1. The highest BCUT2D eigenvalue weighted by atomic mass is 16.6. The Morgan fingerprint density at radius 2 is 1.64 bits per heavy atom. The number of carbonyl (C=O) groups is 2. The first-order chi connectivity index (χ1) is 11.9. The number of ether oxygens (including phenoxy) is 1. The predicted molar refractivity (Wildman–Crippen MR) is 92.9 cm³/mol. The predicted octanol–water partition coefficient (Wildman–Crippen LogP) is 2.76. The van der Waals surface area contributed by atoms with Crippen LogP contribution in [0.1, 0.15) is 44.1 Å². The van der Waals surface area contributed by atoms with E-state index in [-0.39, 0.29) is 18.1 Å². The summed E-state index contributed by atoms with van der Waals surface area (Å²) in [5.41, 5.74) is 6.02. The number of nitrogens with two attached hydrogens (primary N) is 1. The topological polar surface area (TPSA) is 92.9 Å². The number of rotatable bonds is 3. The number of piperidine rings is 1. The largest absolute Gasteiger partial charge is 0.480 e. The lowest BCUT2D eigenvalue weighted by molar-refractivity contribution is -0.146. The molecule has 1 aromatic rings. The molecule has 3 rings (SSSR count). The molecular weight excluding hydrogens is 320 g/mol. The smallest absolute Gasteiger partial charge is 0.410 e. The van der Waals surface area contributed by atoms with Gasteiger partial charge in [-0.25, -0.2) is 4.79 Å². The Morgan fingerprint density at radius 1 is 1.04 bits per heavy atom. The fourth-order valence-electron chi connectivity index (χ4n) is 3.91. The van der Waals surface area contributed by atoms with E-state index >= 15 is 0 Å². The normalized spacial score (nSPS) is 21.7. The lowest BCUT2D eigenvalue weighted by Crippen LogP contribution is -2.54. The van der Waals surface area contributed by atoms with Gasteiger partial charge in [-0.1, -0.05) is 30.3 Å². The van der Waals surface area contributed by atoms with E-state index < -0.39 is 11.5 Å². The summed E-state index contributed by atoms with van der Waals surface area (Å²) in [5.74, 6) is -0.899. The molecule has 1 heterocycles. The molecule has 6 nitrogen and oxygen atoms in total. The van der Waals surface area contributed by atoms with Crippen LogP contribution in [0.3, 0.4) is 0 Å². The molecule has 1 aliphatic heterocycles. The number of amides is 1. The van der Waals surface area contributed by atoms with E-state index in [1.165, 1.54) is 0 Å². The summed E-state index contributed by atoms with van der Waals surface area (Å²) in [6.07, 6.45) is 4.19. The van der Waals surface area contributed by atoms with Crippen molar-refractivity contribution in [1.82, 2.24) is 4.90 Å². The third-order valence-corrected chi connectivity index (χ3v) is 5.92. The summed E-state index contributed by atoms with van der Waals surface area (Å²) >= 11 is 0. The van der Waals surface area contributed by atoms with E-state index in [1.807, 2.05) is 30.3 Å². The zero-order valence-corrected chi connectivity index (χ0v) is 14.4. The Labute approximate surface area is 147 Å². The first kappa shape index (κ1) is 17.7. The number of carboxylic acids is 1. The molecule has 1 aromatic carbocycles. The van der Waals surface area contributed by atoms with Crippen molar-refractivity contribution in [2.75, 3.05) is 13.1 Å². The Morgan fingerprint density at radius 3 is 2.20 bits per heavy atom. The fourth-order valence-corrected chi connectivity index (χ4v) is 3.91. The van der Waals surface area contributed by atoms with Gasteiger partial charge < -0.3 is 20.5 Å². The van der Waals surface area contributed by atoms with E-state index in [4.69, 9.17) is 10.5 Å². The van der Waals surface area contributed by atoms with Crippen molar-refractivity contribution in [2.45, 2.75) is 50.7 Å². The van der Waals surface area contributed by atoms with Crippen LogP contribution in [0, 0.1) is 5.41 Å². The Bertz CT molecular complexity index is 614. The first-order valence-electron chi connectivity index (χ1n) is 8.90. The highest BCUT2D eigenvalue weighted by molar-refractivity contribution is 5.78. The van der Waals surface area contributed by atoms with Crippen LogP contribution in [-0.4, -0.2) is 40.7 Å². The van der Waals surface area contributed by atoms with Gasteiger partial charge in [0.25, 0.3) is 0 Å². The molecule has 0 radical (unpaired) electrons. The van der Waals surface area contributed by atoms with Gasteiger partial charge in [0.15, 0.2) is 0 Å². The van der Waals surface area contributed by atoms with Crippen molar-refractivity contribution in [1.29, 1.82) is 0 Å². The number of hydrogen-bond acceptors (Lipinski definition) is 4. The van der Waals surface area contributed by atoms with E-state index in [0.717, 1.165) is 31.2 Å². The van der Waals surface area contributed by atoms with Crippen LogP contribution in [0.2, 0.25) is 0 Å². The molecule has 6 heteroatoms. The van der Waals surface area contributed by atoms with Gasteiger partial charge in [0, 0.05) is 13.1 Å². The van der Waals surface area contributed by atoms with E-state index in [0.29, 0.717) is 25.9 Å². The van der Waals surface area contributed by atoms with Gasteiger partial charge in [0.1, 0.15) is 12.1 Å². The van der Waals surface area contributed by atoms with Crippen LogP contribution in [0.15, 0.2) is 30.3 Å². The third-order valence-electron chi connectivity index (χ3n) is 5.92. The van der Waals surface area contributed by atoms with Crippen LogP contribution in [0.5, 0.6) is 0 Å². The maximum Gasteiger partial charge on any atom is 0.410 e. The number of likely N-dealkylation sites (tertiary alicyclic amines) is 1. The van der Waals surface area contributed by atoms with E-state index in [1.54, 1.807) is 4.90 Å². The molecule has 2 fully saturated rings. The number of benzene rings is 1. The number of nitrogens with zero attached hydrogens (tertiary/aromatic N) is 1. The van der Waals surface area contributed by atoms with Crippen LogP contribution in [0.25, 0.3) is 0 Å². The minimum Gasteiger partial charge on any atom is -0.480 e. The molecule has 2 aliphatic rings. The molecule has 0 unspecified atom stereocenters. The molecule has 1 aliphatic carbocycles. The summed E-state index contributed by atoms with van der Waals surface area (Å²) in [4.78, 5) is 25.3. The maximum atomic E-state index is 12.2. The molecule has 3 N–H and O–H groups in total. The average molecular weight is 346 g/mol. The zero-order chi connectivity index (χ0) is 17.9. The summed E-state index contributed by atoms with van der Waals surface area (Å²) in [6.45, 7) is 1.62. The van der Waals surface area contributed by atoms with Crippen molar-refractivity contribution in [3.63, 3.8) is 0 Å². The first-order valence-corrected chi connectivity index (χ1v) is 8.90. The van der Waals surface area contributed by atoms with Crippen molar-refractivity contribution >= 4 is 12.1 Å². The van der Waals surface area contributed by atoms with Gasteiger partial charge in [-0.3, -0.25) is 4.79 Å². The second kappa shape index (κ2) is 7.04. The molecule has 1 saturated carbocycles. The highest BCUT2D eigenvalue weighted by Crippen LogP contribution is 2.47. The summed E-state index contributed by atoms with van der Waals surface area (Å²) in [6, 6.07) is 9.64. The van der Waals surface area contributed by atoms with Crippen molar-refractivity contribution < 1.29 is 19.4 Å². The summed E-state index contributed by atoms with van der Waals surface area (Å²) in [5, 5.41) is 9.26. The monoisotopic (exact) mass is 346 g/mol. The van der Waals surface area contributed by atoms with Gasteiger partial charge in [0.05, 0.1) is 0 Å². The lowest BCUT2D eigenvalue weighted by atomic mass is 9.63. The number of carboxylic acid groups (broad SMARTS) is 1. The lowest BCUT2D eigenvalue weighted by Gasteiger charge is -2.47. The van der Waals surface area contributed by atoms with Crippen LogP contribution in [0.4, 0.5) is 4.79 Å². The summed E-state index contributed by atoms with van der Waals surface area (Å²) < 4.78 is 5.40. The Hall–Kier alpha value is -2.08. The molecule has 136 valence electrons. The number of hydrogen-bond donors (Lipinski definition) is 2. The third kappa shape index (κ3) is 3.95. The minimum atomic E-state index is -1.07. The quantitative estimate of drug-likeness (QED) is 0.878. The Balaban J connectivity index is 1.47. The van der Waals surface area contributed by atoms with Crippen LogP contribution < -0.4 is 5.73 Å². The van der Waals surface area contributed by atoms with Crippen molar-refractivity contribution in [3.05, 3.63) is 35.9 Å². The maximum absolute atomic E-state index is 12.2. The molecular formula is C19H26N2O4. The molecule has 0 aromatic heterocycles. The molecule has 0 bridgehead atoms. The van der Waals surface area contributed by atoms with Crippen LogP contribution in [-0.2, 0) is 16.1 Å². The van der Waals surface area contributed by atoms with Crippen molar-refractivity contribution in [2.24, 2.45) is 11.1 Å². The standard InChI is InChI=1S/C19H26N2O4/c20-19(16(22)23)8-6-18(7-9-19)10-12-21(13-11-18)17(24)25-14-15-4-2-1-3-5-15/h1-5H,6-14,20H2,(H,22,23). The Kier molecular flexibility index (Phi) is 4.99. The zero-order valence-electron chi connectivity index (χ0n) is 14.4. The van der Waals surface area contributed by atoms with Crippen LogP contribution >= 0.6 is 0 Å². The van der Waals surface area contributed by atoms with Gasteiger partial charge in [-0.15, -0.1) is 0 Å². The van der Waals surface area contributed by atoms with Gasteiger partial charge >= 0.3 is 12.1 Å². The average Bonchev–Trinajstić information content (AvgIpc) is 2.64. The second-order valence-corrected chi connectivity index (χ2v) is 7.49. The molecule has 1 amide bonds.